The fourth-order valence-electron chi connectivity index (χ4n) is 2.36. The van der Waals surface area contributed by atoms with Crippen molar-refractivity contribution in [2.75, 3.05) is 24.7 Å². The van der Waals surface area contributed by atoms with E-state index in [4.69, 9.17) is 9.47 Å². The maximum atomic E-state index is 12.1. The number of anilines is 1. The van der Waals surface area contributed by atoms with Crippen molar-refractivity contribution in [1.82, 2.24) is 0 Å². The first-order chi connectivity index (χ1) is 10.1. The first-order valence-electron chi connectivity index (χ1n) is 6.87. The van der Waals surface area contributed by atoms with E-state index in [1.54, 1.807) is 11.0 Å². The van der Waals surface area contributed by atoms with E-state index in [0.717, 1.165) is 0 Å². The maximum absolute atomic E-state index is 12.1. The lowest BCUT2D eigenvalue weighted by molar-refractivity contribution is -0.384. The van der Waals surface area contributed by atoms with Gasteiger partial charge in [-0.05, 0) is 25.5 Å². The smallest absolute Gasteiger partial charge is 0.269 e. The lowest BCUT2D eigenvalue weighted by atomic mass is 10.1. The number of nitrogens with zero attached hydrogens (tertiary/aromatic N) is 2. The molecular formula is C14H18N2O5. The average Bonchev–Trinajstić information content (AvgIpc) is 2.75. The van der Waals surface area contributed by atoms with Crippen LogP contribution in [0, 0.1) is 10.1 Å². The van der Waals surface area contributed by atoms with Gasteiger partial charge in [0, 0.05) is 31.0 Å². The molecule has 0 atom stereocenters. The largest absolute Gasteiger partial charge is 0.351 e. The Balaban J connectivity index is 2.19. The van der Waals surface area contributed by atoms with Crippen LogP contribution >= 0.6 is 0 Å². The fraction of sp³-hybridized carbons (Fsp3) is 0.500. The molecule has 0 radical (unpaired) electrons. The molecule has 1 heterocycles. The molecule has 0 saturated carbocycles. The molecule has 1 amide bonds. The number of fused-ring (bicyclic) bond motifs is 1. The third kappa shape index (κ3) is 3.37. The highest BCUT2D eigenvalue weighted by Gasteiger charge is 2.31. The molecule has 1 aliphatic heterocycles. The second-order valence-electron chi connectivity index (χ2n) is 4.59. The van der Waals surface area contributed by atoms with Crippen LogP contribution in [-0.2, 0) is 20.7 Å². The Hall–Kier alpha value is -1.99. The van der Waals surface area contributed by atoms with Crippen molar-refractivity contribution >= 4 is 17.3 Å². The second kappa shape index (κ2) is 6.64. The fourth-order valence-corrected chi connectivity index (χ4v) is 2.36. The van der Waals surface area contributed by atoms with Gasteiger partial charge in [0.25, 0.3) is 5.69 Å². The molecule has 0 fully saturated rings. The Kier molecular flexibility index (Phi) is 4.87. The third-order valence-electron chi connectivity index (χ3n) is 3.24. The number of nitro groups is 1. The van der Waals surface area contributed by atoms with Crippen LogP contribution in [0.15, 0.2) is 18.2 Å². The van der Waals surface area contributed by atoms with Crippen LogP contribution < -0.4 is 4.90 Å². The highest BCUT2D eigenvalue weighted by molar-refractivity contribution is 6.01. The predicted octanol–water partition coefficient (Wildman–Crippen LogP) is 1.88. The molecular weight excluding hydrogens is 276 g/mol. The van der Waals surface area contributed by atoms with Crippen molar-refractivity contribution in [3.8, 4) is 0 Å². The van der Waals surface area contributed by atoms with Crippen molar-refractivity contribution in [3.63, 3.8) is 0 Å². The first kappa shape index (κ1) is 15.4. The average molecular weight is 294 g/mol. The van der Waals surface area contributed by atoms with Crippen LogP contribution in [0.4, 0.5) is 11.4 Å². The minimum atomic E-state index is -0.495. The summed E-state index contributed by atoms with van der Waals surface area (Å²) < 4.78 is 10.9. The van der Waals surface area contributed by atoms with Gasteiger partial charge in [0.1, 0.15) is 0 Å². The maximum Gasteiger partial charge on any atom is 0.269 e. The van der Waals surface area contributed by atoms with E-state index in [1.165, 1.54) is 12.1 Å². The Labute approximate surface area is 122 Å². The van der Waals surface area contributed by atoms with E-state index in [2.05, 4.69) is 0 Å². The van der Waals surface area contributed by atoms with Gasteiger partial charge in [-0.15, -0.1) is 0 Å². The zero-order valence-electron chi connectivity index (χ0n) is 12.1. The van der Waals surface area contributed by atoms with Gasteiger partial charge in [-0.2, -0.15) is 0 Å². The molecule has 0 saturated heterocycles. The van der Waals surface area contributed by atoms with Crippen molar-refractivity contribution < 1.29 is 19.2 Å². The number of hydrogen-bond acceptors (Lipinski definition) is 5. The van der Waals surface area contributed by atoms with Gasteiger partial charge in [0.15, 0.2) is 6.29 Å². The summed E-state index contributed by atoms with van der Waals surface area (Å²) in [7, 11) is 0. The topological polar surface area (TPSA) is 81.9 Å². The molecule has 0 unspecified atom stereocenters. The van der Waals surface area contributed by atoms with Crippen LogP contribution in [0.3, 0.4) is 0 Å². The molecule has 1 aromatic rings. The number of nitro benzene ring substituents is 1. The molecule has 0 spiro atoms. The van der Waals surface area contributed by atoms with Crippen molar-refractivity contribution in [2.45, 2.75) is 26.6 Å². The molecule has 7 heteroatoms. The number of amides is 1. The monoisotopic (exact) mass is 294 g/mol. The minimum Gasteiger partial charge on any atom is -0.351 e. The van der Waals surface area contributed by atoms with Gasteiger partial charge in [-0.3, -0.25) is 14.9 Å². The molecule has 21 heavy (non-hydrogen) atoms. The van der Waals surface area contributed by atoms with Gasteiger partial charge in [-0.25, -0.2) is 0 Å². The van der Waals surface area contributed by atoms with Crippen LogP contribution in [0.1, 0.15) is 19.4 Å². The number of benzene rings is 1. The predicted molar refractivity (Wildman–Crippen MR) is 76.2 cm³/mol. The van der Waals surface area contributed by atoms with Crippen LogP contribution in [0.5, 0.6) is 0 Å². The zero-order chi connectivity index (χ0) is 15.4. The van der Waals surface area contributed by atoms with Gasteiger partial charge in [-0.1, -0.05) is 0 Å². The summed E-state index contributed by atoms with van der Waals surface area (Å²) in [5.41, 5.74) is 1.35. The summed E-state index contributed by atoms with van der Waals surface area (Å²) in [5.74, 6) is -0.102. The number of rotatable bonds is 7. The van der Waals surface area contributed by atoms with Crippen LogP contribution in [0.25, 0.3) is 0 Å². The molecule has 0 N–H and O–H groups in total. The summed E-state index contributed by atoms with van der Waals surface area (Å²) in [6, 6.07) is 4.46. The van der Waals surface area contributed by atoms with Gasteiger partial charge >= 0.3 is 0 Å². The van der Waals surface area contributed by atoms with Crippen LogP contribution in [-0.4, -0.2) is 36.9 Å². The molecule has 114 valence electrons. The lowest BCUT2D eigenvalue weighted by Crippen LogP contribution is -2.37. The van der Waals surface area contributed by atoms with E-state index < -0.39 is 11.2 Å². The normalized spacial score (nSPS) is 13.9. The minimum absolute atomic E-state index is 0.00503. The molecule has 2 rings (SSSR count). The van der Waals surface area contributed by atoms with Crippen molar-refractivity contribution in [2.24, 2.45) is 0 Å². The Morgan fingerprint density at radius 2 is 2.00 bits per heavy atom. The standard InChI is InChI=1S/C14H18N2O5/c1-3-20-14(21-4-2)9-15-12-6-5-11(16(18)19)7-10(12)8-13(15)17/h5-7,14H,3-4,8-9H2,1-2H3. The molecule has 0 bridgehead atoms. The zero-order valence-corrected chi connectivity index (χ0v) is 12.1. The van der Waals surface area contributed by atoms with Crippen molar-refractivity contribution in [3.05, 3.63) is 33.9 Å². The third-order valence-corrected chi connectivity index (χ3v) is 3.24. The Morgan fingerprint density at radius 3 is 2.57 bits per heavy atom. The van der Waals surface area contributed by atoms with E-state index in [1.807, 2.05) is 13.8 Å². The molecule has 1 aromatic carbocycles. The summed E-state index contributed by atoms with van der Waals surface area (Å²) >= 11 is 0. The van der Waals surface area contributed by atoms with Gasteiger partial charge < -0.3 is 14.4 Å². The SMILES string of the molecule is CCOC(CN1C(=O)Cc2cc([N+](=O)[O-])ccc21)OCC. The molecule has 1 aliphatic rings. The Bertz CT molecular complexity index is 540. The first-order valence-corrected chi connectivity index (χ1v) is 6.87. The number of carbonyl (C=O) groups is 1. The van der Waals surface area contributed by atoms with Crippen molar-refractivity contribution in [1.29, 1.82) is 0 Å². The van der Waals surface area contributed by atoms with Crippen LogP contribution in [0.2, 0.25) is 0 Å². The highest BCUT2D eigenvalue weighted by Crippen LogP contribution is 2.32. The number of carbonyl (C=O) groups excluding carboxylic acids is 1. The quantitative estimate of drug-likeness (QED) is 0.435. The number of hydrogen-bond donors (Lipinski definition) is 0. The molecule has 0 aromatic heterocycles. The molecule has 7 nitrogen and oxygen atoms in total. The van der Waals surface area contributed by atoms with Gasteiger partial charge in [0.2, 0.25) is 5.91 Å². The van der Waals surface area contributed by atoms with E-state index in [9.17, 15) is 14.9 Å². The lowest BCUT2D eigenvalue weighted by Gasteiger charge is -2.24. The van der Waals surface area contributed by atoms with E-state index in [-0.39, 0.29) is 24.6 Å². The summed E-state index contributed by atoms with van der Waals surface area (Å²) in [6.07, 6.45) is -0.327. The van der Waals surface area contributed by atoms with E-state index >= 15 is 0 Å². The summed E-state index contributed by atoms with van der Waals surface area (Å²) in [4.78, 5) is 24.0. The molecule has 0 aliphatic carbocycles. The summed E-state index contributed by atoms with van der Waals surface area (Å²) in [5, 5.41) is 10.8. The number of non-ortho nitro benzene ring substituents is 1. The van der Waals surface area contributed by atoms with E-state index in [0.29, 0.717) is 24.5 Å². The highest BCUT2D eigenvalue weighted by atomic mass is 16.7. The number of ether oxygens (including phenoxy) is 2. The second-order valence-corrected chi connectivity index (χ2v) is 4.59. The Morgan fingerprint density at radius 1 is 1.33 bits per heavy atom. The summed E-state index contributed by atoms with van der Waals surface area (Å²) in [6.45, 7) is 4.97. The van der Waals surface area contributed by atoms with Gasteiger partial charge in [0.05, 0.1) is 17.9 Å².